The summed E-state index contributed by atoms with van der Waals surface area (Å²) in [6.45, 7) is 4.94. The molecule has 27 heavy (non-hydrogen) atoms. The van der Waals surface area contributed by atoms with Gasteiger partial charge in [-0.05, 0) is 55.8 Å². The molecule has 0 aliphatic carbocycles. The molecule has 6 heteroatoms. The maximum Gasteiger partial charge on any atom is 0.241 e. The summed E-state index contributed by atoms with van der Waals surface area (Å²) in [5, 5.41) is 0.778. The van der Waals surface area contributed by atoms with Gasteiger partial charge in [-0.1, -0.05) is 23.7 Å². The van der Waals surface area contributed by atoms with Crippen LogP contribution in [0.15, 0.2) is 24.3 Å². The minimum Gasteiger partial charge on any atom is -0.344 e. The Morgan fingerprint density at radius 3 is 2.70 bits per heavy atom. The average molecular weight is 392 g/mol. The van der Waals surface area contributed by atoms with Crippen molar-refractivity contribution in [1.29, 1.82) is 0 Å². The maximum atomic E-state index is 12.4. The normalized spacial score (nSPS) is 20.9. The minimum absolute atomic E-state index is 0.0588. The predicted octanol–water partition coefficient (Wildman–Crippen LogP) is 2.68. The first-order valence-electron chi connectivity index (χ1n) is 10.00. The zero-order valence-electron chi connectivity index (χ0n) is 16.2. The molecule has 1 aromatic rings. The summed E-state index contributed by atoms with van der Waals surface area (Å²) in [6, 6.07) is 8.08. The van der Waals surface area contributed by atoms with Crippen LogP contribution in [0.3, 0.4) is 0 Å². The molecule has 0 saturated carbocycles. The summed E-state index contributed by atoms with van der Waals surface area (Å²) in [7, 11) is 1.87. The number of nitrogens with zero attached hydrogens (tertiary/aromatic N) is 3. The second kappa shape index (κ2) is 9.56. The van der Waals surface area contributed by atoms with Crippen LogP contribution in [-0.4, -0.2) is 72.8 Å². The van der Waals surface area contributed by atoms with Gasteiger partial charge < -0.3 is 14.7 Å². The lowest BCUT2D eigenvalue weighted by atomic mass is 9.97. The van der Waals surface area contributed by atoms with Gasteiger partial charge in [0.1, 0.15) is 0 Å². The number of likely N-dealkylation sites (N-methyl/N-ethyl adjacent to an activating group) is 1. The smallest absolute Gasteiger partial charge is 0.241 e. The lowest BCUT2D eigenvalue weighted by molar-refractivity contribution is -0.138. The van der Waals surface area contributed by atoms with E-state index in [0.29, 0.717) is 12.3 Å². The summed E-state index contributed by atoms with van der Waals surface area (Å²) in [5.74, 6) is 0.679. The number of halogens is 1. The van der Waals surface area contributed by atoms with E-state index in [1.54, 1.807) is 4.90 Å². The zero-order chi connectivity index (χ0) is 19.2. The van der Waals surface area contributed by atoms with Crippen LogP contribution in [0.25, 0.3) is 0 Å². The molecule has 0 unspecified atom stereocenters. The molecule has 1 aromatic carbocycles. The molecule has 2 aliphatic heterocycles. The fourth-order valence-electron chi connectivity index (χ4n) is 4.09. The number of carbonyl (C=O) groups excluding carboxylic acids is 2. The van der Waals surface area contributed by atoms with Crippen molar-refractivity contribution >= 4 is 23.4 Å². The second-order valence-corrected chi connectivity index (χ2v) is 8.31. The van der Waals surface area contributed by atoms with Gasteiger partial charge in [-0.2, -0.15) is 0 Å². The number of benzene rings is 1. The molecule has 0 bridgehead atoms. The van der Waals surface area contributed by atoms with Crippen molar-refractivity contribution in [2.45, 2.75) is 32.1 Å². The van der Waals surface area contributed by atoms with Crippen molar-refractivity contribution in [1.82, 2.24) is 14.7 Å². The first-order chi connectivity index (χ1) is 13.0. The molecule has 2 aliphatic rings. The Labute approximate surface area is 167 Å². The van der Waals surface area contributed by atoms with Crippen LogP contribution in [0.2, 0.25) is 5.02 Å². The van der Waals surface area contributed by atoms with Crippen molar-refractivity contribution in [3.05, 3.63) is 34.9 Å². The topological polar surface area (TPSA) is 43.9 Å². The van der Waals surface area contributed by atoms with Gasteiger partial charge in [-0.15, -0.1) is 0 Å². The molecule has 2 fully saturated rings. The molecule has 1 atom stereocenters. The monoisotopic (exact) mass is 391 g/mol. The standard InChI is InChI=1S/C21H30ClN3O2/c1-23(21(27)16-25-12-3-5-20(25)26)14-18-4-2-11-24(15-18)13-10-17-6-8-19(22)9-7-17/h6-9,18H,2-5,10-16H2,1H3/t18-/m1/s1. The molecule has 148 valence electrons. The van der Waals surface area contributed by atoms with Gasteiger partial charge in [-0.3, -0.25) is 9.59 Å². The Morgan fingerprint density at radius 1 is 1.22 bits per heavy atom. The Kier molecular flexibility index (Phi) is 7.13. The Bertz CT molecular complexity index is 649. The van der Waals surface area contributed by atoms with Gasteiger partial charge in [0.2, 0.25) is 11.8 Å². The Balaban J connectivity index is 1.42. The van der Waals surface area contributed by atoms with Crippen LogP contribution < -0.4 is 0 Å². The van der Waals surface area contributed by atoms with Crippen LogP contribution >= 0.6 is 11.6 Å². The average Bonchev–Trinajstić information content (AvgIpc) is 3.06. The molecular formula is C21H30ClN3O2. The van der Waals surface area contributed by atoms with Crippen molar-refractivity contribution < 1.29 is 9.59 Å². The molecule has 5 nitrogen and oxygen atoms in total. The highest BCUT2D eigenvalue weighted by Crippen LogP contribution is 2.19. The van der Waals surface area contributed by atoms with E-state index in [1.807, 2.05) is 24.1 Å². The predicted molar refractivity (Wildman–Crippen MR) is 108 cm³/mol. The van der Waals surface area contributed by atoms with E-state index in [-0.39, 0.29) is 18.4 Å². The maximum absolute atomic E-state index is 12.4. The fraction of sp³-hybridized carbons (Fsp3) is 0.619. The van der Waals surface area contributed by atoms with Gasteiger partial charge >= 0.3 is 0 Å². The highest BCUT2D eigenvalue weighted by molar-refractivity contribution is 6.30. The van der Waals surface area contributed by atoms with E-state index >= 15 is 0 Å². The minimum atomic E-state index is 0.0588. The van der Waals surface area contributed by atoms with Gasteiger partial charge in [0, 0.05) is 44.7 Å². The third-order valence-corrected chi connectivity index (χ3v) is 5.94. The molecule has 0 N–H and O–H groups in total. The molecule has 2 heterocycles. The third kappa shape index (κ3) is 5.94. The Morgan fingerprint density at radius 2 is 2.00 bits per heavy atom. The quantitative estimate of drug-likeness (QED) is 0.717. The molecule has 0 aromatic heterocycles. The van der Waals surface area contributed by atoms with Crippen molar-refractivity contribution in [2.75, 3.05) is 46.3 Å². The largest absolute Gasteiger partial charge is 0.344 e. The molecule has 0 radical (unpaired) electrons. The number of amides is 2. The lowest BCUT2D eigenvalue weighted by Crippen LogP contribution is -2.44. The van der Waals surface area contributed by atoms with Crippen LogP contribution in [0.1, 0.15) is 31.2 Å². The van der Waals surface area contributed by atoms with Crippen LogP contribution in [0, 0.1) is 5.92 Å². The number of hydrogen-bond acceptors (Lipinski definition) is 3. The van der Waals surface area contributed by atoms with E-state index in [1.165, 1.54) is 12.0 Å². The van der Waals surface area contributed by atoms with Gasteiger partial charge in [0.05, 0.1) is 6.54 Å². The molecule has 2 amide bonds. The van der Waals surface area contributed by atoms with Gasteiger partial charge in [0.15, 0.2) is 0 Å². The second-order valence-electron chi connectivity index (χ2n) is 7.88. The van der Waals surface area contributed by atoms with E-state index < -0.39 is 0 Å². The highest BCUT2D eigenvalue weighted by atomic mass is 35.5. The van der Waals surface area contributed by atoms with E-state index in [4.69, 9.17) is 11.6 Å². The highest BCUT2D eigenvalue weighted by Gasteiger charge is 2.26. The van der Waals surface area contributed by atoms with Crippen molar-refractivity contribution in [3.63, 3.8) is 0 Å². The van der Waals surface area contributed by atoms with E-state index in [0.717, 1.165) is 57.0 Å². The van der Waals surface area contributed by atoms with Gasteiger partial charge in [-0.25, -0.2) is 0 Å². The summed E-state index contributed by atoms with van der Waals surface area (Å²) in [6.07, 6.45) is 4.83. The SMILES string of the molecule is CN(C[C@H]1CCCN(CCc2ccc(Cl)cc2)C1)C(=O)CN1CCCC1=O. The molecule has 2 saturated heterocycles. The number of carbonyl (C=O) groups is 2. The van der Waals surface area contributed by atoms with Crippen molar-refractivity contribution in [2.24, 2.45) is 5.92 Å². The first-order valence-corrected chi connectivity index (χ1v) is 10.4. The molecular weight excluding hydrogens is 362 g/mol. The van der Waals surface area contributed by atoms with E-state index in [9.17, 15) is 9.59 Å². The molecule has 3 rings (SSSR count). The van der Waals surface area contributed by atoms with Crippen LogP contribution in [-0.2, 0) is 16.0 Å². The zero-order valence-corrected chi connectivity index (χ0v) is 17.0. The first kappa shape index (κ1) is 20.2. The number of hydrogen-bond donors (Lipinski definition) is 0. The van der Waals surface area contributed by atoms with Crippen molar-refractivity contribution in [3.8, 4) is 0 Å². The summed E-state index contributed by atoms with van der Waals surface area (Å²) in [5.41, 5.74) is 1.31. The summed E-state index contributed by atoms with van der Waals surface area (Å²) < 4.78 is 0. The van der Waals surface area contributed by atoms with Crippen LogP contribution in [0.5, 0.6) is 0 Å². The summed E-state index contributed by atoms with van der Waals surface area (Å²) >= 11 is 5.95. The van der Waals surface area contributed by atoms with E-state index in [2.05, 4.69) is 17.0 Å². The van der Waals surface area contributed by atoms with Gasteiger partial charge in [0.25, 0.3) is 0 Å². The fourth-order valence-corrected chi connectivity index (χ4v) is 4.21. The number of likely N-dealkylation sites (tertiary alicyclic amines) is 2. The number of piperidine rings is 1. The lowest BCUT2D eigenvalue weighted by Gasteiger charge is -2.35. The third-order valence-electron chi connectivity index (χ3n) is 5.69. The van der Waals surface area contributed by atoms with Crippen LogP contribution in [0.4, 0.5) is 0 Å². The Hall–Kier alpha value is -1.59. The number of rotatable bonds is 7. The summed E-state index contributed by atoms with van der Waals surface area (Å²) in [4.78, 5) is 30.2. The molecule has 0 spiro atoms.